The molecule has 43 nitrogen and oxygen atoms in total. The molecular formula is C105H169N23O20S2. The van der Waals surface area contributed by atoms with E-state index in [1.807, 2.05) is 119 Å². The zero-order valence-corrected chi connectivity index (χ0v) is 94.7. The number of rotatable bonds is 19. The number of nitrogens with one attached hydrogen (secondary N) is 8. The Morgan fingerprint density at radius 1 is 0.333 bits per heavy atom. The van der Waals surface area contributed by atoms with Crippen molar-refractivity contribution in [1.82, 2.24) is 97.7 Å². The van der Waals surface area contributed by atoms with Gasteiger partial charge in [0, 0.05) is 103 Å². The van der Waals surface area contributed by atoms with Crippen LogP contribution in [0.4, 0.5) is 27.5 Å². The van der Waals surface area contributed by atoms with E-state index in [0.29, 0.717) is 64.2 Å². The molecule has 8 N–H and O–H groups in total. The van der Waals surface area contributed by atoms with E-state index in [-0.39, 0.29) is 177 Å². The van der Waals surface area contributed by atoms with E-state index in [2.05, 4.69) is 47.7 Å². The number of hydrazine groups is 6. The molecule has 13 aliphatic heterocycles. The number of nitrogens with zero attached hydrogens (tertiary/aromatic N) is 15. The van der Waals surface area contributed by atoms with Crippen molar-refractivity contribution in [2.24, 2.45) is 0 Å². The number of para-hydroxylation sites is 4. The van der Waals surface area contributed by atoms with Crippen molar-refractivity contribution < 1.29 is 94.7 Å². The predicted molar refractivity (Wildman–Crippen MR) is 577 cm³/mol. The highest BCUT2D eigenvalue weighted by atomic mass is 32.2. The summed E-state index contributed by atoms with van der Waals surface area (Å²) in [6.45, 7) is 36.3. The molecule has 3 aromatic carbocycles. The summed E-state index contributed by atoms with van der Waals surface area (Å²) in [7, 11) is 12.2. The Hall–Kier alpha value is -10.8. The normalized spacial score (nSPS) is 25.1. The van der Waals surface area contributed by atoms with Gasteiger partial charge in [0.1, 0.15) is 48.3 Å². The van der Waals surface area contributed by atoms with Crippen molar-refractivity contribution in [2.75, 3.05) is 160 Å². The van der Waals surface area contributed by atoms with Gasteiger partial charge in [0.05, 0.1) is 75.7 Å². The van der Waals surface area contributed by atoms with Gasteiger partial charge in [-0.3, -0.25) is 121 Å². The molecule has 0 radical (unpaired) electrons. The fourth-order valence-electron chi connectivity index (χ4n) is 19.9. The number of carbonyl (C=O) groups excluding carboxylic acids is 18. The molecular weight excluding hydrogens is 1970 g/mol. The largest absolute Gasteiger partial charge is 0.371 e. The minimum absolute atomic E-state index is 0.00935. The maximum Gasteiger partial charge on any atom is 0.353 e. The number of thioether (sulfide) groups is 1. The molecule has 16 rings (SSSR count). The molecule has 11 amide bonds. The minimum Gasteiger partial charge on any atom is -0.371 e. The summed E-state index contributed by atoms with van der Waals surface area (Å²) in [5.74, 6) is -0.434. The first-order chi connectivity index (χ1) is 71.4. The predicted octanol–water partition coefficient (Wildman–Crippen LogP) is 4.94. The van der Waals surface area contributed by atoms with Crippen molar-refractivity contribution in [2.45, 2.75) is 321 Å². The zero-order valence-electron chi connectivity index (χ0n) is 93.1. The molecule has 13 heterocycles. The second-order valence-electron chi connectivity index (χ2n) is 37.9. The average Bonchev–Trinajstić information content (AvgIpc) is 1.57. The highest BCUT2D eigenvalue weighted by molar-refractivity contribution is 7.99. The molecule has 0 aromatic heterocycles. The van der Waals surface area contributed by atoms with Gasteiger partial charge in [0.15, 0.2) is 56.1 Å². The highest BCUT2D eigenvalue weighted by Gasteiger charge is 2.50. The molecule has 15 atom stereocenters. The van der Waals surface area contributed by atoms with Gasteiger partial charge >= 0.3 is 6.03 Å². The summed E-state index contributed by atoms with van der Waals surface area (Å²) in [4.78, 5) is 224. The Kier molecular flexibility index (Phi) is 52.1. The molecule has 3 aromatic rings. The number of urea groups is 1. The van der Waals surface area contributed by atoms with Crippen LogP contribution < -0.4 is 62.2 Å². The Morgan fingerprint density at radius 2 is 0.667 bits per heavy atom. The van der Waals surface area contributed by atoms with E-state index in [1.165, 1.54) is 77.7 Å². The van der Waals surface area contributed by atoms with Crippen LogP contribution in [0.15, 0.2) is 82.6 Å². The average molecular weight is 2140 g/mol. The van der Waals surface area contributed by atoms with E-state index >= 15 is 0 Å². The van der Waals surface area contributed by atoms with E-state index < -0.39 is 52.0 Å². The van der Waals surface area contributed by atoms with Crippen LogP contribution in [0.1, 0.15) is 220 Å². The number of amides is 11. The van der Waals surface area contributed by atoms with Gasteiger partial charge in [-0.2, -0.15) is 0 Å². The summed E-state index contributed by atoms with van der Waals surface area (Å²) < 4.78 is 24.9. The fourth-order valence-corrected chi connectivity index (χ4v) is 22.8. The maximum atomic E-state index is 12.7. The monoisotopic (exact) mass is 2140 g/mol. The molecule has 13 aliphatic rings. The van der Waals surface area contributed by atoms with Crippen molar-refractivity contribution in [3.05, 3.63) is 72.8 Å². The van der Waals surface area contributed by atoms with Crippen LogP contribution in [0, 0.1) is 0 Å². The molecule has 15 unspecified atom stereocenters. The lowest BCUT2D eigenvalue weighted by molar-refractivity contribution is -0.175. The Bertz CT molecular complexity index is 5200. The lowest BCUT2D eigenvalue weighted by atomic mass is 10.00. The molecule has 45 heteroatoms. The number of anilines is 4. The second-order valence-corrected chi connectivity index (χ2v) is 41.0. The van der Waals surface area contributed by atoms with Crippen LogP contribution in [-0.2, 0) is 91.3 Å². The number of Topliss-reactive ketones (excluding diaryl/α,β-unsaturated/α-hetero) is 8. The van der Waals surface area contributed by atoms with Crippen LogP contribution >= 0.6 is 11.8 Å². The van der Waals surface area contributed by atoms with E-state index in [1.54, 1.807) is 139 Å². The molecule has 836 valence electrons. The SMILES string of the molecule is CC.CC.CC.CNC1CCC(=O)N2CCCC(C(C)=O)N2C1=O.CNC1CCCN2CCCC(C(C)=O)N2C1=O.CNC1CCN2CCCC(C(C)=O)N2C1=O.CNC1CN(C)c2ccccc2N(C(C)C(C)=O)C1=O.CNC1CN2CCCC(C(C)=O)N2C1=O.CNC1CS(=O)(=O)c2ccccc2N(C(C)C(C)=O)C1=O.CNC1CSc2ccccc2N(C(C)C(C)=O)C1=O.CNN1CCC(=O)N2CCCC(C(C)=O)N2C1=O. The molecule has 10 fully saturated rings. The van der Waals surface area contributed by atoms with Crippen molar-refractivity contribution in [3.63, 3.8) is 0 Å². The summed E-state index contributed by atoms with van der Waals surface area (Å²) in [5.41, 5.74) is 5.61. The fraction of sp³-hybridized carbons (Fsp3) is 0.657. The summed E-state index contributed by atoms with van der Waals surface area (Å²) >= 11 is 1.64. The van der Waals surface area contributed by atoms with Crippen molar-refractivity contribution in [3.8, 4) is 0 Å². The van der Waals surface area contributed by atoms with Crippen LogP contribution in [0.5, 0.6) is 0 Å². The number of likely N-dealkylation sites (N-methyl/N-ethyl adjacent to an activating group) is 8. The highest BCUT2D eigenvalue weighted by Crippen LogP contribution is 2.39. The standard InChI is InChI=1S/C15H21N3O2.C14H18N2O4S.C14H18N2O2S.C12H19N3O3.C12H21N3O2.C11H18N4O3.C11H19N3O2.C10H17N3O2.3C2H6/c1-10(11(2)19)18-14-8-6-5-7-13(14)17(4)9-12(16-3)15(18)20;1-9(10(2)17)16-12-6-4-5-7-13(12)21(19,20)8-11(15-3)14(16)18;1-9(10(2)17)16-12-6-4-5-7-13(12)19-8-11(15-3)14(16)18;1-8(16)10-4-3-7-14-11(17)6-5-9(13-2)12(18)15(10)14;1-9(16)11-6-4-8-14-7-3-5-10(13-2)12(17)15(11)14;1-8(16)9-4-3-6-14-10(17)5-7-13(12-2)11(18)15(9)14;1-8(15)10-4-3-6-13-7-5-9(12-2)11(16)14(10)13;1-7(14)9-4-3-5-12-6-8(11-2)10(15)13(9)12;3*1-2/h5-8,10,12,16H,9H2,1-4H3;4-7,9,11,15H,8H2,1-3H3;4-7,9,11,15H,8H2,1-3H3;9-10,13H,3-7H2,1-2H3;10-11,13H,3-8H2,1-2H3;9,12H,3-7H2,1-2H3;9-10,12H,3-7H2,1-2H3;8-9,11H,3-6H2,1-2H3;3*1-2H3. The lowest BCUT2D eigenvalue weighted by Gasteiger charge is -2.48. The van der Waals surface area contributed by atoms with Crippen molar-refractivity contribution in [1.29, 1.82) is 0 Å². The van der Waals surface area contributed by atoms with Crippen molar-refractivity contribution >= 4 is 150 Å². The maximum absolute atomic E-state index is 12.7. The van der Waals surface area contributed by atoms with Gasteiger partial charge in [-0.1, -0.05) is 77.9 Å². The smallest absolute Gasteiger partial charge is 0.353 e. The second kappa shape index (κ2) is 61.2. The first kappa shape index (κ1) is 128. The van der Waals surface area contributed by atoms with E-state index in [0.717, 1.165) is 125 Å². The number of hydrogen-bond acceptors (Lipinski definition) is 33. The van der Waals surface area contributed by atoms with Gasteiger partial charge in [-0.15, -0.1) is 11.8 Å². The van der Waals surface area contributed by atoms with Gasteiger partial charge in [-0.05, 0) is 252 Å². The van der Waals surface area contributed by atoms with Crippen LogP contribution in [0.3, 0.4) is 0 Å². The van der Waals surface area contributed by atoms with Crippen LogP contribution in [-0.4, -0.2) is 400 Å². The molecule has 10 saturated heterocycles. The first-order valence-electron chi connectivity index (χ1n) is 52.9. The number of fused-ring (bicyclic) bond motifs is 8. The Labute approximate surface area is 891 Å². The molecule has 0 spiro atoms. The molecule has 0 saturated carbocycles. The quantitative estimate of drug-likeness (QED) is 0.0788. The Balaban J connectivity index is 0.000000260. The third kappa shape index (κ3) is 31.3. The zero-order chi connectivity index (χ0) is 112. The molecule has 0 bridgehead atoms. The number of benzene rings is 3. The Morgan fingerprint density at radius 3 is 1.13 bits per heavy atom. The summed E-state index contributed by atoms with van der Waals surface area (Å²) in [5, 5.41) is 38.9. The number of sulfone groups is 1. The molecule has 0 aliphatic carbocycles. The molecule has 150 heavy (non-hydrogen) atoms. The lowest BCUT2D eigenvalue weighted by Crippen LogP contribution is -2.65. The number of hydrogen-bond donors (Lipinski definition) is 8. The number of ketones is 8. The van der Waals surface area contributed by atoms with Gasteiger partial charge < -0.3 is 42.1 Å². The van der Waals surface area contributed by atoms with E-state index in [4.69, 9.17) is 0 Å². The van der Waals surface area contributed by atoms with Gasteiger partial charge in [0.2, 0.25) is 29.5 Å². The third-order valence-electron chi connectivity index (χ3n) is 28.5. The summed E-state index contributed by atoms with van der Waals surface area (Å²) in [6.07, 6.45) is 11.9. The van der Waals surface area contributed by atoms with Gasteiger partial charge in [-0.25, -0.2) is 48.7 Å². The van der Waals surface area contributed by atoms with E-state index in [9.17, 15) is 94.7 Å². The van der Waals surface area contributed by atoms with Crippen LogP contribution in [0.2, 0.25) is 0 Å². The third-order valence-corrected chi connectivity index (χ3v) is 31.5. The van der Waals surface area contributed by atoms with Gasteiger partial charge in [0.25, 0.3) is 23.6 Å². The number of carbonyl (C=O) groups is 18. The minimum atomic E-state index is -3.60. The summed E-state index contributed by atoms with van der Waals surface area (Å²) in [6, 6.07) is 15.8. The van der Waals surface area contributed by atoms with Crippen LogP contribution in [0.25, 0.3) is 0 Å². The topological polar surface area (TPSA) is 486 Å². The first-order valence-corrected chi connectivity index (χ1v) is 55.6.